The molecule has 0 bridgehead atoms. The van der Waals surface area contributed by atoms with Crippen molar-refractivity contribution in [1.82, 2.24) is 4.90 Å². The Morgan fingerprint density at radius 1 is 1.38 bits per heavy atom. The number of hydrogen-bond acceptors (Lipinski definition) is 3. The fourth-order valence-corrected chi connectivity index (χ4v) is 2.02. The molecule has 0 aliphatic carbocycles. The minimum Gasteiger partial charge on any atom is -0.479 e. The lowest BCUT2D eigenvalue weighted by Crippen LogP contribution is -2.41. The number of carbonyl (C=O) groups is 1. The van der Waals surface area contributed by atoms with E-state index in [0.717, 1.165) is 5.56 Å². The first-order chi connectivity index (χ1) is 7.60. The zero-order valence-electron chi connectivity index (χ0n) is 8.97. The molecule has 2 N–H and O–H groups in total. The average molecular weight is 221 g/mol. The van der Waals surface area contributed by atoms with E-state index in [2.05, 4.69) is 0 Å². The topological polar surface area (TPSA) is 60.8 Å². The van der Waals surface area contributed by atoms with E-state index in [9.17, 15) is 9.90 Å². The van der Waals surface area contributed by atoms with Crippen LogP contribution in [0.2, 0.25) is 0 Å². The molecule has 1 fully saturated rings. The lowest BCUT2D eigenvalue weighted by atomic mass is 10.0. The molecule has 1 aliphatic rings. The normalized spacial score (nSPS) is 25.8. The lowest BCUT2D eigenvalue weighted by molar-refractivity contribution is -0.157. The predicted octanol–water partition coefficient (Wildman–Crippen LogP) is 0.708. The van der Waals surface area contributed by atoms with Gasteiger partial charge in [-0.1, -0.05) is 30.3 Å². The minimum absolute atomic E-state index is 0.206. The number of β-amino-alcohol motifs (C(OH)–C–C–N with tert-alkyl or cyclic N) is 1. The van der Waals surface area contributed by atoms with Crippen LogP contribution in [-0.4, -0.2) is 39.8 Å². The molecule has 1 aromatic carbocycles. The zero-order chi connectivity index (χ0) is 11.6. The molecule has 0 amide bonds. The van der Waals surface area contributed by atoms with Gasteiger partial charge in [0, 0.05) is 26.1 Å². The highest BCUT2D eigenvalue weighted by Crippen LogP contribution is 2.22. The van der Waals surface area contributed by atoms with Crippen molar-refractivity contribution in [2.45, 2.75) is 18.6 Å². The summed E-state index contributed by atoms with van der Waals surface area (Å²) < 4.78 is 0. The van der Waals surface area contributed by atoms with Crippen molar-refractivity contribution >= 4 is 5.97 Å². The molecule has 1 aromatic rings. The second kappa shape index (κ2) is 4.23. The summed E-state index contributed by atoms with van der Waals surface area (Å²) in [5.41, 5.74) is -0.424. The Labute approximate surface area is 94.1 Å². The Hall–Kier alpha value is -1.39. The van der Waals surface area contributed by atoms with Crippen molar-refractivity contribution in [3.05, 3.63) is 35.9 Å². The number of aliphatic carboxylic acids is 1. The molecule has 0 aromatic heterocycles. The van der Waals surface area contributed by atoms with Crippen LogP contribution < -0.4 is 0 Å². The fraction of sp³-hybridized carbons (Fsp3) is 0.417. The van der Waals surface area contributed by atoms with E-state index >= 15 is 0 Å². The third-order valence-corrected chi connectivity index (χ3v) is 2.97. The number of carboxylic acid groups (broad SMARTS) is 1. The van der Waals surface area contributed by atoms with Crippen molar-refractivity contribution < 1.29 is 15.0 Å². The molecule has 4 heteroatoms. The molecular weight excluding hydrogens is 206 g/mol. The maximum atomic E-state index is 10.8. The van der Waals surface area contributed by atoms with Crippen LogP contribution in [0.3, 0.4) is 0 Å². The summed E-state index contributed by atoms with van der Waals surface area (Å²) >= 11 is 0. The van der Waals surface area contributed by atoms with Crippen molar-refractivity contribution in [1.29, 1.82) is 0 Å². The van der Waals surface area contributed by atoms with Gasteiger partial charge in [-0.25, -0.2) is 4.79 Å². The van der Waals surface area contributed by atoms with Crippen LogP contribution in [0.15, 0.2) is 30.3 Å². The largest absolute Gasteiger partial charge is 0.479 e. The first-order valence-corrected chi connectivity index (χ1v) is 5.32. The smallest absolute Gasteiger partial charge is 0.337 e. The highest BCUT2D eigenvalue weighted by Gasteiger charge is 2.42. The molecule has 0 radical (unpaired) electrons. The molecule has 1 saturated heterocycles. The summed E-state index contributed by atoms with van der Waals surface area (Å²) in [6.45, 7) is 1.52. The quantitative estimate of drug-likeness (QED) is 0.789. The number of benzene rings is 1. The predicted molar refractivity (Wildman–Crippen MR) is 58.9 cm³/mol. The van der Waals surface area contributed by atoms with Crippen LogP contribution in [0.25, 0.3) is 0 Å². The van der Waals surface area contributed by atoms with Gasteiger partial charge in [0.05, 0.1) is 0 Å². The molecule has 1 heterocycles. The van der Waals surface area contributed by atoms with E-state index in [4.69, 9.17) is 5.11 Å². The molecule has 1 aliphatic heterocycles. The van der Waals surface area contributed by atoms with Crippen LogP contribution in [0, 0.1) is 0 Å². The molecule has 2 rings (SSSR count). The third-order valence-electron chi connectivity index (χ3n) is 2.97. The lowest BCUT2D eigenvalue weighted by Gasteiger charge is -2.18. The zero-order valence-corrected chi connectivity index (χ0v) is 8.97. The van der Waals surface area contributed by atoms with Crippen molar-refractivity contribution in [2.24, 2.45) is 0 Å². The molecule has 1 unspecified atom stereocenters. The first-order valence-electron chi connectivity index (χ1n) is 5.32. The number of likely N-dealkylation sites (tertiary alicyclic amines) is 1. The third kappa shape index (κ3) is 2.23. The number of aliphatic hydroxyl groups is 1. The number of rotatable bonds is 3. The van der Waals surface area contributed by atoms with Crippen LogP contribution >= 0.6 is 0 Å². The van der Waals surface area contributed by atoms with Crippen molar-refractivity contribution in [2.75, 3.05) is 13.1 Å². The van der Waals surface area contributed by atoms with Gasteiger partial charge in [-0.15, -0.1) is 0 Å². The van der Waals surface area contributed by atoms with Gasteiger partial charge in [0.25, 0.3) is 0 Å². The summed E-state index contributed by atoms with van der Waals surface area (Å²) in [5.74, 6) is -1.12. The maximum Gasteiger partial charge on any atom is 0.337 e. The van der Waals surface area contributed by atoms with Gasteiger partial charge in [-0.2, -0.15) is 0 Å². The summed E-state index contributed by atoms with van der Waals surface area (Å²) in [7, 11) is 0. The molecular formula is C12H15NO3. The van der Waals surface area contributed by atoms with Gasteiger partial charge in [0.15, 0.2) is 5.60 Å². The number of nitrogens with zero attached hydrogens (tertiary/aromatic N) is 1. The SMILES string of the molecule is O=C(O)C1(O)CCN(Cc2ccccc2)C1. The van der Waals surface area contributed by atoms with E-state index in [1.165, 1.54) is 0 Å². The van der Waals surface area contributed by atoms with Gasteiger partial charge < -0.3 is 10.2 Å². The van der Waals surface area contributed by atoms with Crippen LogP contribution in [0.1, 0.15) is 12.0 Å². The summed E-state index contributed by atoms with van der Waals surface area (Å²) in [5, 5.41) is 18.7. The molecule has 1 atom stereocenters. The van der Waals surface area contributed by atoms with E-state index in [1.54, 1.807) is 0 Å². The average Bonchev–Trinajstić information content (AvgIpc) is 2.63. The highest BCUT2D eigenvalue weighted by atomic mass is 16.4. The Morgan fingerprint density at radius 2 is 2.06 bits per heavy atom. The second-order valence-electron chi connectivity index (χ2n) is 4.28. The minimum atomic E-state index is -1.56. The Bertz CT molecular complexity index is 379. The number of hydrogen-bond donors (Lipinski definition) is 2. The van der Waals surface area contributed by atoms with Crippen LogP contribution in [0.4, 0.5) is 0 Å². The monoisotopic (exact) mass is 221 g/mol. The fourth-order valence-electron chi connectivity index (χ4n) is 2.02. The van der Waals surface area contributed by atoms with Gasteiger partial charge in [-0.05, 0) is 5.56 Å². The Kier molecular flexibility index (Phi) is 2.94. The van der Waals surface area contributed by atoms with Crippen LogP contribution in [0.5, 0.6) is 0 Å². The Morgan fingerprint density at radius 3 is 2.62 bits per heavy atom. The molecule has 0 spiro atoms. The highest BCUT2D eigenvalue weighted by molar-refractivity contribution is 5.77. The van der Waals surface area contributed by atoms with Gasteiger partial charge in [0.2, 0.25) is 0 Å². The number of carboxylic acids is 1. The molecule has 16 heavy (non-hydrogen) atoms. The van der Waals surface area contributed by atoms with E-state index in [0.29, 0.717) is 19.5 Å². The molecule has 0 saturated carbocycles. The van der Waals surface area contributed by atoms with Gasteiger partial charge >= 0.3 is 5.97 Å². The summed E-state index contributed by atoms with van der Waals surface area (Å²) in [6.07, 6.45) is 0.301. The first kappa shape index (κ1) is 11.1. The van der Waals surface area contributed by atoms with Crippen molar-refractivity contribution in [3.8, 4) is 0 Å². The maximum absolute atomic E-state index is 10.8. The van der Waals surface area contributed by atoms with E-state index in [1.807, 2.05) is 35.2 Å². The summed E-state index contributed by atoms with van der Waals surface area (Å²) in [4.78, 5) is 12.8. The van der Waals surface area contributed by atoms with E-state index in [-0.39, 0.29) is 6.54 Å². The Balaban J connectivity index is 1.98. The van der Waals surface area contributed by atoms with E-state index < -0.39 is 11.6 Å². The standard InChI is InChI=1S/C12H15NO3/c14-11(15)12(16)6-7-13(9-12)8-10-4-2-1-3-5-10/h1-5,16H,6-9H2,(H,14,15). The summed E-state index contributed by atoms with van der Waals surface area (Å²) in [6, 6.07) is 9.85. The second-order valence-corrected chi connectivity index (χ2v) is 4.28. The molecule has 86 valence electrons. The molecule has 4 nitrogen and oxygen atoms in total. The van der Waals surface area contributed by atoms with Crippen LogP contribution in [-0.2, 0) is 11.3 Å². The van der Waals surface area contributed by atoms with Gasteiger partial charge in [-0.3, -0.25) is 4.90 Å². The van der Waals surface area contributed by atoms with Gasteiger partial charge in [0.1, 0.15) is 0 Å². The van der Waals surface area contributed by atoms with Crippen molar-refractivity contribution in [3.63, 3.8) is 0 Å².